The quantitative estimate of drug-likeness (QED) is 0.615. The van der Waals surface area contributed by atoms with Gasteiger partial charge in [0.15, 0.2) is 0 Å². The molecule has 0 aliphatic heterocycles. The third-order valence-corrected chi connectivity index (χ3v) is 4.18. The van der Waals surface area contributed by atoms with E-state index < -0.39 is 0 Å². The maximum Gasteiger partial charge on any atom is 0.127 e. The molecule has 6 heteroatoms. The Kier molecular flexibility index (Phi) is 5.58. The first kappa shape index (κ1) is 16.2. The Hall–Kier alpha value is -1.14. The molecule has 1 unspecified atom stereocenters. The SMILES string of the molecule is COc1ccc(Br)c(C(Cc2ccc(Cl)cc2F)NN)c1. The molecule has 0 spiro atoms. The number of halogens is 3. The van der Waals surface area contributed by atoms with Gasteiger partial charge >= 0.3 is 0 Å². The molecule has 21 heavy (non-hydrogen) atoms. The van der Waals surface area contributed by atoms with Crippen LogP contribution in [0.15, 0.2) is 40.9 Å². The van der Waals surface area contributed by atoms with Crippen molar-refractivity contribution in [1.29, 1.82) is 0 Å². The molecule has 0 fully saturated rings. The van der Waals surface area contributed by atoms with E-state index in [2.05, 4.69) is 21.4 Å². The number of methoxy groups -OCH3 is 1. The third kappa shape index (κ3) is 3.95. The molecule has 3 nitrogen and oxygen atoms in total. The number of nitrogens with two attached hydrogens (primary N) is 1. The lowest BCUT2D eigenvalue weighted by Gasteiger charge is -2.19. The molecule has 0 amide bonds. The van der Waals surface area contributed by atoms with Crippen molar-refractivity contribution in [2.24, 2.45) is 5.84 Å². The molecule has 2 rings (SSSR count). The molecule has 2 aromatic carbocycles. The zero-order valence-electron chi connectivity index (χ0n) is 11.4. The van der Waals surface area contributed by atoms with Crippen LogP contribution in [-0.4, -0.2) is 7.11 Å². The lowest BCUT2D eigenvalue weighted by atomic mass is 9.99. The standard InChI is InChI=1S/C15H15BrClFN2O/c1-21-11-4-5-13(16)12(8-11)15(20-19)6-9-2-3-10(17)7-14(9)18/h2-5,7-8,15,20H,6,19H2,1H3. The van der Waals surface area contributed by atoms with Crippen LogP contribution in [0.25, 0.3) is 0 Å². The first-order chi connectivity index (χ1) is 10.0. The molecule has 1 atom stereocenters. The maximum absolute atomic E-state index is 13.9. The Morgan fingerprint density at radius 1 is 1.33 bits per heavy atom. The van der Waals surface area contributed by atoms with Gasteiger partial charge in [-0.3, -0.25) is 11.3 Å². The van der Waals surface area contributed by atoms with Crippen LogP contribution >= 0.6 is 27.5 Å². The number of hydrogen-bond acceptors (Lipinski definition) is 3. The van der Waals surface area contributed by atoms with Gasteiger partial charge in [0.05, 0.1) is 13.2 Å². The predicted molar refractivity (Wildman–Crippen MR) is 85.9 cm³/mol. The Labute approximate surface area is 136 Å². The van der Waals surface area contributed by atoms with Crippen LogP contribution in [-0.2, 0) is 6.42 Å². The van der Waals surface area contributed by atoms with Crippen LogP contribution < -0.4 is 16.0 Å². The van der Waals surface area contributed by atoms with Crippen molar-refractivity contribution in [2.75, 3.05) is 7.11 Å². The van der Waals surface area contributed by atoms with Gasteiger partial charge in [-0.1, -0.05) is 33.6 Å². The van der Waals surface area contributed by atoms with Crippen molar-refractivity contribution in [3.05, 3.63) is 62.8 Å². The first-order valence-corrected chi connectivity index (χ1v) is 7.45. The molecule has 112 valence electrons. The van der Waals surface area contributed by atoms with Gasteiger partial charge in [-0.05, 0) is 47.9 Å². The predicted octanol–water partition coefficient (Wildman–Crippen LogP) is 4.00. The molecule has 3 N–H and O–H groups in total. The summed E-state index contributed by atoms with van der Waals surface area (Å²) in [6, 6.07) is 9.93. The van der Waals surface area contributed by atoms with Crippen LogP contribution in [0.3, 0.4) is 0 Å². The monoisotopic (exact) mass is 372 g/mol. The van der Waals surface area contributed by atoms with E-state index in [4.69, 9.17) is 22.2 Å². The summed E-state index contributed by atoms with van der Waals surface area (Å²) in [4.78, 5) is 0. The Bertz CT molecular complexity index is 639. The number of hydrazine groups is 1. The third-order valence-electron chi connectivity index (χ3n) is 3.22. The summed E-state index contributed by atoms with van der Waals surface area (Å²) in [5.74, 6) is 6.00. The molecule has 0 radical (unpaired) electrons. The van der Waals surface area contributed by atoms with Crippen LogP contribution in [0.1, 0.15) is 17.2 Å². The van der Waals surface area contributed by atoms with Gasteiger partial charge in [0.1, 0.15) is 11.6 Å². The van der Waals surface area contributed by atoms with E-state index >= 15 is 0 Å². The second-order valence-corrected chi connectivity index (χ2v) is 5.84. The lowest BCUT2D eigenvalue weighted by Crippen LogP contribution is -2.30. The van der Waals surface area contributed by atoms with E-state index in [1.54, 1.807) is 19.2 Å². The second kappa shape index (κ2) is 7.22. The van der Waals surface area contributed by atoms with Crippen LogP contribution in [0.2, 0.25) is 5.02 Å². The van der Waals surface area contributed by atoms with Crippen molar-refractivity contribution in [3.63, 3.8) is 0 Å². The maximum atomic E-state index is 13.9. The first-order valence-electron chi connectivity index (χ1n) is 6.28. The molecule has 0 saturated carbocycles. The average Bonchev–Trinajstić information content (AvgIpc) is 2.47. The van der Waals surface area contributed by atoms with Crippen molar-refractivity contribution < 1.29 is 9.13 Å². The summed E-state index contributed by atoms with van der Waals surface area (Å²) < 4.78 is 20.0. The Morgan fingerprint density at radius 3 is 2.71 bits per heavy atom. The fraction of sp³-hybridized carbons (Fsp3) is 0.200. The van der Waals surface area contributed by atoms with Crippen LogP contribution in [0.5, 0.6) is 5.75 Å². The van der Waals surface area contributed by atoms with Gasteiger partial charge in [0.25, 0.3) is 0 Å². The number of benzene rings is 2. The minimum atomic E-state index is -0.346. The highest BCUT2D eigenvalue weighted by Gasteiger charge is 2.17. The number of rotatable bonds is 5. The van der Waals surface area contributed by atoms with Gasteiger partial charge in [-0.15, -0.1) is 0 Å². The van der Waals surface area contributed by atoms with Gasteiger partial charge < -0.3 is 4.74 Å². The highest BCUT2D eigenvalue weighted by Crippen LogP contribution is 2.30. The lowest BCUT2D eigenvalue weighted by molar-refractivity contribution is 0.412. The molecule has 0 saturated heterocycles. The minimum absolute atomic E-state index is 0.259. The number of hydrogen-bond donors (Lipinski definition) is 2. The van der Waals surface area contributed by atoms with Crippen LogP contribution in [0.4, 0.5) is 4.39 Å². The van der Waals surface area contributed by atoms with E-state index in [9.17, 15) is 4.39 Å². The molecule has 0 aromatic heterocycles. The smallest absolute Gasteiger partial charge is 0.127 e. The molecular weight excluding hydrogens is 359 g/mol. The highest BCUT2D eigenvalue weighted by atomic mass is 79.9. The second-order valence-electron chi connectivity index (χ2n) is 4.55. The topological polar surface area (TPSA) is 47.3 Å². The molecular formula is C15H15BrClFN2O. The van der Waals surface area contributed by atoms with Gasteiger partial charge in [0.2, 0.25) is 0 Å². The Morgan fingerprint density at radius 2 is 2.10 bits per heavy atom. The normalized spacial score (nSPS) is 12.2. The van der Waals surface area contributed by atoms with Gasteiger partial charge in [-0.2, -0.15) is 0 Å². The summed E-state index contributed by atoms with van der Waals surface area (Å²) in [5.41, 5.74) is 4.15. The zero-order chi connectivity index (χ0) is 15.4. The molecule has 0 aliphatic carbocycles. The Balaban J connectivity index is 2.31. The number of ether oxygens (including phenoxy) is 1. The number of nitrogens with one attached hydrogen (secondary N) is 1. The van der Waals surface area contributed by atoms with Crippen molar-refractivity contribution in [1.82, 2.24) is 5.43 Å². The average molecular weight is 374 g/mol. The van der Waals surface area contributed by atoms with Crippen molar-refractivity contribution in [3.8, 4) is 5.75 Å². The fourth-order valence-electron chi connectivity index (χ4n) is 2.08. The van der Waals surface area contributed by atoms with Crippen LogP contribution in [0, 0.1) is 5.82 Å². The van der Waals surface area contributed by atoms with E-state index in [1.165, 1.54) is 6.07 Å². The van der Waals surface area contributed by atoms with E-state index in [0.717, 1.165) is 10.0 Å². The largest absolute Gasteiger partial charge is 0.497 e. The summed E-state index contributed by atoms with van der Waals surface area (Å²) in [6.45, 7) is 0. The van der Waals surface area contributed by atoms with Crippen molar-refractivity contribution in [2.45, 2.75) is 12.5 Å². The summed E-state index contributed by atoms with van der Waals surface area (Å²) in [7, 11) is 1.59. The summed E-state index contributed by atoms with van der Waals surface area (Å²) >= 11 is 9.24. The van der Waals surface area contributed by atoms with E-state index in [-0.39, 0.29) is 11.9 Å². The fourth-order valence-corrected chi connectivity index (χ4v) is 2.76. The van der Waals surface area contributed by atoms with Gasteiger partial charge in [-0.25, -0.2) is 4.39 Å². The van der Waals surface area contributed by atoms with Gasteiger partial charge in [0, 0.05) is 9.50 Å². The molecule has 0 heterocycles. The highest BCUT2D eigenvalue weighted by molar-refractivity contribution is 9.10. The minimum Gasteiger partial charge on any atom is -0.497 e. The van der Waals surface area contributed by atoms with Crippen molar-refractivity contribution >= 4 is 27.5 Å². The molecule has 0 bridgehead atoms. The van der Waals surface area contributed by atoms with E-state index in [0.29, 0.717) is 22.8 Å². The molecule has 0 aliphatic rings. The summed E-state index contributed by atoms with van der Waals surface area (Å²) in [6.07, 6.45) is 0.394. The molecule has 2 aromatic rings. The zero-order valence-corrected chi connectivity index (χ0v) is 13.7. The van der Waals surface area contributed by atoms with E-state index in [1.807, 2.05) is 18.2 Å². The summed E-state index contributed by atoms with van der Waals surface area (Å²) in [5, 5.41) is 0.371.